The summed E-state index contributed by atoms with van der Waals surface area (Å²) in [7, 11) is 1.81. The summed E-state index contributed by atoms with van der Waals surface area (Å²) in [5, 5.41) is 9.88. The number of carbonyl (C=O) groups is 1. The number of nitrogens with one attached hydrogen (secondary N) is 1. The van der Waals surface area contributed by atoms with Crippen LogP contribution in [-0.2, 0) is 13.1 Å². The molecule has 6 heteroatoms. The standard InChI is InChI=1S/C18H17BrN4O/c1-22(15-5-3-12-8-14(19)4-2-13(12)9-15)18(24)16-10-21-23-7-6-20-11-17(16)23/h2-5,8-10,20H,6-7,11H2,1H3. The number of benzene rings is 2. The Bertz CT molecular complexity index is 934. The minimum Gasteiger partial charge on any atom is -0.311 e. The molecule has 1 N–H and O–H groups in total. The average Bonchev–Trinajstić information content (AvgIpc) is 3.04. The van der Waals surface area contributed by atoms with Gasteiger partial charge < -0.3 is 10.2 Å². The second-order valence-corrected chi connectivity index (χ2v) is 6.86. The van der Waals surface area contributed by atoms with Gasteiger partial charge in [-0.1, -0.05) is 28.1 Å². The van der Waals surface area contributed by atoms with E-state index in [2.05, 4.69) is 32.4 Å². The van der Waals surface area contributed by atoms with E-state index in [0.29, 0.717) is 12.1 Å². The summed E-state index contributed by atoms with van der Waals surface area (Å²) in [6, 6.07) is 12.2. The summed E-state index contributed by atoms with van der Waals surface area (Å²) in [4.78, 5) is 14.6. The van der Waals surface area contributed by atoms with Gasteiger partial charge in [-0.2, -0.15) is 5.10 Å². The Balaban J connectivity index is 1.68. The zero-order valence-electron chi connectivity index (χ0n) is 13.3. The maximum Gasteiger partial charge on any atom is 0.261 e. The summed E-state index contributed by atoms with van der Waals surface area (Å²) >= 11 is 3.48. The SMILES string of the molecule is CN(C(=O)c1cnn2c1CNCC2)c1ccc2cc(Br)ccc2c1. The number of hydrogen-bond acceptors (Lipinski definition) is 3. The third-order valence-electron chi connectivity index (χ3n) is 4.45. The van der Waals surface area contributed by atoms with Gasteiger partial charge in [-0.15, -0.1) is 0 Å². The first-order valence-electron chi connectivity index (χ1n) is 7.86. The van der Waals surface area contributed by atoms with E-state index in [4.69, 9.17) is 0 Å². The molecule has 0 saturated heterocycles. The van der Waals surface area contributed by atoms with Crippen LogP contribution in [0.15, 0.2) is 47.1 Å². The van der Waals surface area contributed by atoms with Gasteiger partial charge >= 0.3 is 0 Å². The van der Waals surface area contributed by atoms with Gasteiger partial charge in [0.25, 0.3) is 5.91 Å². The molecule has 0 fully saturated rings. The lowest BCUT2D eigenvalue weighted by molar-refractivity contribution is 0.0991. The molecule has 5 nitrogen and oxygen atoms in total. The van der Waals surface area contributed by atoms with Gasteiger partial charge in [0.15, 0.2) is 0 Å². The summed E-state index contributed by atoms with van der Waals surface area (Å²) in [5.74, 6) is -0.0311. The largest absolute Gasteiger partial charge is 0.311 e. The lowest BCUT2D eigenvalue weighted by atomic mass is 10.1. The smallest absolute Gasteiger partial charge is 0.261 e. The number of carbonyl (C=O) groups excluding carboxylic acids is 1. The fourth-order valence-electron chi connectivity index (χ4n) is 3.07. The maximum absolute atomic E-state index is 12.9. The van der Waals surface area contributed by atoms with Crippen LogP contribution in [-0.4, -0.2) is 29.3 Å². The molecule has 1 aliphatic rings. The molecule has 0 unspecified atom stereocenters. The Morgan fingerprint density at radius 2 is 2.04 bits per heavy atom. The molecule has 0 saturated carbocycles. The highest BCUT2D eigenvalue weighted by atomic mass is 79.9. The third-order valence-corrected chi connectivity index (χ3v) is 4.94. The number of rotatable bonds is 2. The predicted octanol–water partition coefficient (Wildman–Crippen LogP) is 3.18. The molecule has 0 aliphatic carbocycles. The van der Waals surface area contributed by atoms with Crippen molar-refractivity contribution in [2.45, 2.75) is 13.1 Å². The fourth-order valence-corrected chi connectivity index (χ4v) is 3.45. The number of hydrogen-bond donors (Lipinski definition) is 1. The number of halogens is 1. The maximum atomic E-state index is 12.9. The van der Waals surface area contributed by atoms with Crippen LogP contribution in [0.2, 0.25) is 0 Å². The van der Waals surface area contributed by atoms with Crippen LogP contribution in [0.5, 0.6) is 0 Å². The first-order chi connectivity index (χ1) is 11.6. The van der Waals surface area contributed by atoms with Crippen LogP contribution in [0.1, 0.15) is 16.1 Å². The fraction of sp³-hybridized carbons (Fsp3) is 0.222. The van der Waals surface area contributed by atoms with Crippen LogP contribution in [0.25, 0.3) is 10.8 Å². The quantitative estimate of drug-likeness (QED) is 0.737. The van der Waals surface area contributed by atoms with Crippen molar-refractivity contribution in [1.82, 2.24) is 15.1 Å². The minimum absolute atomic E-state index is 0.0311. The van der Waals surface area contributed by atoms with E-state index in [0.717, 1.165) is 39.7 Å². The molecule has 1 aromatic heterocycles. The van der Waals surface area contributed by atoms with Crippen molar-refractivity contribution in [2.24, 2.45) is 0 Å². The van der Waals surface area contributed by atoms with Gasteiger partial charge in [0.2, 0.25) is 0 Å². The number of nitrogens with zero attached hydrogens (tertiary/aromatic N) is 3. The highest BCUT2D eigenvalue weighted by Crippen LogP contribution is 2.26. The van der Waals surface area contributed by atoms with Crippen LogP contribution in [0.3, 0.4) is 0 Å². The van der Waals surface area contributed by atoms with Crippen molar-refractivity contribution in [3.63, 3.8) is 0 Å². The zero-order valence-corrected chi connectivity index (χ0v) is 14.9. The Labute approximate surface area is 148 Å². The van der Waals surface area contributed by atoms with Crippen molar-refractivity contribution < 1.29 is 4.79 Å². The van der Waals surface area contributed by atoms with Gasteiger partial charge in [-0.3, -0.25) is 9.48 Å². The van der Waals surface area contributed by atoms with Gasteiger partial charge in [0.05, 0.1) is 24.0 Å². The average molecular weight is 385 g/mol. The third kappa shape index (κ3) is 2.61. The van der Waals surface area contributed by atoms with Crippen molar-refractivity contribution in [3.8, 4) is 0 Å². The van der Waals surface area contributed by atoms with E-state index >= 15 is 0 Å². The van der Waals surface area contributed by atoms with E-state index in [-0.39, 0.29) is 5.91 Å². The highest BCUT2D eigenvalue weighted by molar-refractivity contribution is 9.10. The number of amides is 1. The molecule has 0 spiro atoms. The zero-order chi connectivity index (χ0) is 16.7. The van der Waals surface area contributed by atoms with Gasteiger partial charge in [0.1, 0.15) is 0 Å². The molecular weight excluding hydrogens is 368 g/mol. The van der Waals surface area contributed by atoms with Crippen molar-refractivity contribution in [1.29, 1.82) is 0 Å². The molecule has 0 atom stereocenters. The Morgan fingerprint density at radius 1 is 1.25 bits per heavy atom. The van der Waals surface area contributed by atoms with E-state index in [1.54, 1.807) is 11.1 Å². The Kier molecular flexibility index (Phi) is 3.86. The van der Waals surface area contributed by atoms with E-state index in [1.807, 2.05) is 42.1 Å². The van der Waals surface area contributed by atoms with Gasteiger partial charge in [-0.05, 0) is 35.0 Å². The number of anilines is 1. The molecule has 24 heavy (non-hydrogen) atoms. The molecule has 1 amide bonds. The molecule has 1 aliphatic heterocycles. The van der Waals surface area contributed by atoms with Crippen molar-refractivity contribution in [3.05, 3.63) is 58.3 Å². The molecular formula is C18H17BrN4O. The minimum atomic E-state index is -0.0311. The van der Waals surface area contributed by atoms with Gasteiger partial charge in [-0.25, -0.2) is 0 Å². The second-order valence-electron chi connectivity index (χ2n) is 5.94. The van der Waals surface area contributed by atoms with Crippen LogP contribution >= 0.6 is 15.9 Å². The summed E-state index contributed by atoms with van der Waals surface area (Å²) < 4.78 is 2.96. The van der Waals surface area contributed by atoms with Gasteiger partial charge in [0, 0.05) is 30.3 Å². The summed E-state index contributed by atoms with van der Waals surface area (Å²) in [5.41, 5.74) is 2.50. The number of aromatic nitrogens is 2. The van der Waals surface area contributed by atoms with Crippen molar-refractivity contribution >= 4 is 38.3 Å². The summed E-state index contributed by atoms with van der Waals surface area (Å²) in [6.45, 7) is 2.37. The first kappa shape index (κ1) is 15.4. The van der Waals surface area contributed by atoms with Crippen molar-refractivity contribution in [2.75, 3.05) is 18.5 Å². The van der Waals surface area contributed by atoms with E-state index in [9.17, 15) is 4.79 Å². The normalized spacial score (nSPS) is 13.8. The predicted molar refractivity (Wildman–Crippen MR) is 98.3 cm³/mol. The van der Waals surface area contributed by atoms with E-state index < -0.39 is 0 Å². The lowest BCUT2D eigenvalue weighted by Gasteiger charge is -2.20. The molecule has 122 valence electrons. The molecule has 3 aromatic rings. The molecule has 4 rings (SSSR count). The van der Waals surface area contributed by atoms with Crippen LogP contribution < -0.4 is 10.2 Å². The monoisotopic (exact) mass is 384 g/mol. The number of fused-ring (bicyclic) bond motifs is 2. The Hall–Kier alpha value is -2.18. The van der Waals surface area contributed by atoms with Crippen LogP contribution in [0, 0.1) is 0 Å². The first-order valence-corrected chi connectivity index (χ1v) is 8.65. The molecule has 0 bridgehead atoms. The van der Waals surface area contributed by atoms with E-state index in [1.165, 1.54) is 0 Å². The Morgan fingerprint density at radius 3 is 2.92 bits per heavy atom. The molecule has 0 radical (unpaired) electrons. The second kappa shape index (κ2) is 6.03. The lowest BCUT2D eigenvalue weighted by Crippen LogP contribution is -2.32. The summed E-state index contributed by atoms with van der Waals surface area (Å²) in [6.07, 6.45) is 1.68. The molecule has 2 heterocycles. The molecule has 2 aromatic carbocycles. The van der Waals surface area contributed by atoms with Crippen LogP contribution in [0.4, 0.5) is 5.69 Å². The topological polar surface area (TPSA) is 50.2 Å². The highest BCUT2D eigenvalue weighted by Gasteiger charge is 2.23.